The van der Waals surface area contributed by atoms with Crippen LogP contribution >= 0.6 is 34.5 Å². The van der Waals surface area contributed by atoms with Gasteiger partial charge in [-0.25, -0.2) is 9.37 Å². The molecular formula is C19H12Cl2FN3S. The first-order chi connectivity index (χ1) is 12.5. The summed E-state index contributed by atoms with van der Waals surface area (Å²) in [5, 5.41) is 15.6. The van der Waals surface area contributed by atoms with Gasteiger partial charge in [-0.3, -0.25) is 0 Å². The summed E-state index contributed by atoms with van der Waals surface area (Å²) < 4.78 is 13.8. The second kappa shape index (κ2) is 7.88. The molecule has 0 fully saturated rings. The summed E-state index contributed by atoms with van der Waals surface area (Å²) in [6.07, 6.45) is 1.45. The second-order valence-electron chi connectivity index (χ2n) is 5.46. The monoisotopic (exact) mass is 403 g/mol. The van der Waals surface area contributed by atoms with E-state index in [1.165, 1.54) is 23.6 Å². The van der Waals surface area contributed by atoms with E-state index < -0.39 is 5.82 Å². The van der Waals surface area contributed by atoms with Gasteiger partial charge >= 0.3 is 0 Å². The average molecular weight is 404 g/mol. The zero-order valence-electron chi connectivity index (χ0n) is 13.6. The van der Waals surface area contributed by atoms with E-state index in [0.717, 1.165) is 11.1 Å². The molecule has 130 valence electrons. The Balaban J connectivity index is 1.88. The molecule has 1 N–H and O–H groups in total. The van der Waals surface area contributed by atoms with Crippen molar-refractivity contribution >= 4 is 45.8 Å². The van der Waals surface area contributed by atoms with Gasteiger partial charge in [0.25, 0.3) is 0 Å². The lowest BCUT2D eigenvalue weighted by molar-refractivity contribution is 0.631. The Morgan fingerprint density at radius 1 is 1.27 bits per heavy atom. The molecule has 0 amide bonds. The molecule has 1 heterocycles. The molecule has 0 saturated carbocycles. The van der Waals surface area contributed by atoms with Crippen LogP contribution in [0.3, 0.4) is 0 Å². The van der Waals surface area contributed by atoms with Crippen LogP contribution in [0.4, 0.5) is 10.1 Å². The van der Waals surface area contributed by atoms with Gasteiger partial charge in [0.05, 0.1) is 16.4 Å². The number of thiazole rings is 1. The summed E-state index contributed by atoms with van der Waals surface area (Å²) in [6, 6.07) is 11.9. The van der Waals surface area contributed by atoms with Crippen molar-refractivity contribution in [2.75, 3.05) is 5.32 Å². The number of halogens is 3. The zero-order valence-corrected chi connectivity index (χ0v) is 15.9. The van der Waals surface area contributed by atoms with Crippen LogP contribution in [0.1, 0.15) is 10.6 Å². The minimum Gasteiger partial charge on any atom is -0.358 e. The van der Waals surface area contributed by atoms with Crippen molar-refractivity contribution in [3.63, 3.8) is 0 Å². The molecule has 3 aromatic rings. The minimum atomic E-state index is -0.392. The molecule has 0 radical (unpaired) electrons. The Hall–Kier alpha value is -2.39. The largest absolute Gasteiger partial charge is 0.358 e. The average Bonchev–Trinajstić information content (AvgIpc) is 3.08. The van der Waals surface area contributed by atoms with E-state index in [-0.39, 0.29) is 0 Å². The highest BCUT2D eigenvalue weighted by molar-refractivity contribution is 7.11. The summed E-state index contributed by atoms with van der Waals surface area (Å²) in [4.78, 5) is 4.46. The molecule has 3 nitrogen and oxygen atoms in total. The summed E-state index contributed by atoms with van der Waals surface area (Å²) in [6.45, 7) is 1.86. The van der Waals surface area contributed by atoms with E-state index in [2.05, 4.69) is 16.4 Å². The van der Waals surface area contributed by atoms with Crippen molar-refractivity contribution < 1.29 is 4.39 Å². The van der Waals surface area contributed by atoms with Crippen molar-refractivity contribution in [1.82, 2.24) is 4.98 Å². The van der Waals surface area contributed by atoms with Gasteiger partial charge in [-0.2, -0.15) is 5.26 Å². The maximum absolute atomic E-state index is 13.8. The van der Waals surface area contributed by atoms with Gasteiger partial charge in [0.1, 0.15) is 22.5 Å². The van der Waals surface area contributed by atoms with Crippen molar-refractivity contribution in [3.8, 4) is 17.3 Å². The second-order valence-corrected chi connectivity index (χ2v) is 7.16. The first-order valence-electron chi connectivity index (χ1n) is 7.52. The molecule has 0 atom stereocenters. The van der Waals surface area contributed by atoms with E-state index in [4.69, 9.17) is 23.2 Å². The van der Waals surface area contributed by atoms with Crippen LogP contribution in [0.5, 0.6) is 0 Å². The SMILES string of the molecule is Cc1ccc(F)c(NC=C(C#N)c2nc(-c3ccc(Cl)cc3Cl)cs2)c1. The van der Waals surface area contributed by atoms with Crippen LogP contribution in [0, 0.1) is 24.1 Å². The van der Waals surface area contributed by atoms with Crippen LogP contribution < -0.4 is 5.32 Å². The van der Waals surface area contributed by atoms with Crippen LogP contribution in [-0.4, -0.2) is 4.98 Å². The van der Waals surface area contributed by atoms with E-state index in [9.17, 15) is 9.65 Å². The Labute approximate surface area is 164 Å². The summed E-state index contributed by atoms with van der Waals surface area (Å²) >= 11 is 13.4. The first kappa shape index (κ1) is 18.4. The lowest BCUT2D eigenvalue weighted by atomic mass is 10.2. The fraction of sp³-hybridized carbons (Fsp3) is 0.0526. The number of hydrogen-bond acceptors (Lipinski definition) is 4. The van der Waals surface area contributed by atoms with Gasteiger partial charge < -0.3 is 5.32 Å². The van der Waals surface area contributed by atoms with Crippen molar-refractivity contribution in [3.05, 3.63) is 74.4 Å². The van der Waals surface area contributed by atoms with Gasteiger partial charge in [0, 0.05) is 22.2 Å². The predicted octanol–water partition coefficient (Wildman–Crippen LogP) is 6.54. The van der Waals surface area contributed by atoms with Gasteiger partial charge in [-0.05, 0) is 42.8 Å². The molecule has 1 aromatic heterocycles. The number of nitriles is 1. The maximum Gasteiger partial charge on any atom is 0.146 e. The quantitative estimate of drug-likeness (QED) is 0.502. The number of nitrogens with zero attached hydrogens (tertiary/aromatic N) is 2. The summed E-state index contributed by atoms with van der Waals surface area (Å²) in [7, 11) is 0. The fourth-order valence-corrected chi connectivity index (χ4v) is 3.55. The lowest BCUT2D eigenvalue weighted by Crippen LogP contribution is -1.94. The zero-order chi connectivity index (χ0) is 18.7. The molecule has 3 rings (SSSR count). The molecule has 7 heteroatoms. The highest BCUT2D eigenvalue weighted by Gasteiger charge is 2.12. The smallest absolute Gasteiger partial charge is 0.146 e. The standard InChI is InChI=1S/C19H12Cl2FN3S/c1-11-2-5-16(22)17(6-11)24-9-12(8-23)19-25-18(10-26-19)14-4-3-13(20)7-15(14)21/h2-7,9-10,24H,1H3. The van der Waals surface area contributed by atoms with E-state index in [1.54, 1.807) is 30.3 Å². The van der Waals surface area contributed by atoms with Crippen LogP contribution in [-0.2, 0) is 0 Å². The molecule has 2 aromatic carbocycles. The van der Waals surface area contributed by atoms with Crippen molar-refractivity contribution in [2.45, 2.75) is 6.92 Å². The number of aryl methyl sites for hydroxylation is 1. The van der Waals surface area contributed by atoms with Gasteiger partial charge in [0.2, 0.25) is 0 Å². The molecule has 26 heavy (non-hydrogen) atoms. The number of rotatable bonds is 4. The Morgan fingerprint density at radius 2 is 2.08 bits per heavy atom. The number of nitrogens with one attached hydrogen (secondary N) is 1. The number of hydrogen-bond donors (Lipinski definition) is 1. The Morgan fingerprint density at radius 3 is 2.81 bits per heavy atom. The Kier molecular flexibility index (Phi) is 5.58. The van der Waals surface area contributed by atoms with Gasteiger partial charge in [-0.1, -0.05) is 29.3 Å². The molecule has 0 aliphatic rings. The van der Waals surface area contributed by atoms with E-state index in [1.807, 2.05) is 12.3 Å². The number of aromatic nitrogens is 1. The van der Waals surface area contributed by atoms with Gasteiger partial charge in [0.15, 0.2) is 0 Å². The summed E-state index contributed by atoms with van der Waals surface area (Å²) in [5.74, 6) is -0.392. The Bertz CT molecular complexity index is 1040. The molecule has 0 unspecified atom stereocenters. The highest BCUT2D eigenvalue weighted by atomic mass is 35.5. The third-order valence-corrected chi connectivity index (χ3v) is 4.98. The predicted molar refractivity (Wildman–Crippen MR) is 106 cm³/mol. The van der Waals surface area contributed by atoms with Crippen LogP contribution in [0.2, 0.25) is 10.0 Å². The van der Waals surface area contributed by atoms with Crippen LogP contribution in [0.25, 0.3) is 16.8 Å². The minimum absolute atomic E-state index is 0.298. The molecule has 0 spiro atoms. The molecule has 0 aliphatic carbocycles. The first-order valence-corrected chi connectivity index (χ1v) is 9.16. The third-order valence-electron chi connectivity index (χ3n) is 3.56. The summed E-state index contributed by atoms with van der Waals surface area (Å²) in [5.41, 5.74) is 2.89. The highest BCUT2D eigenvalue weighted by Crippen LogP contribution is 2.32. The lowest BCUT2D eigenvalue weighted by Gasteiger charge is -2.04. The molecule has 0 saturated heterocycles. The number of allylic oxidation sites excluding steroid dienone is 1. The molecule has 0 aliphatic heterocycles. The third kappa shape index (κ3) is 4.05. The maximum atomic E-state index is 13.8. The normalized spacial score (nSPS) is 11.3. The topological polar surface area (TPSA) is 48.7 Å². The van der Waals surface area contributed by atoms with Crippen LogP contribution in [0.15, 0.2) is 48.0 Å². The molecule has 0 bridgehead atoms. The van der Waals surface area contributed by atoms with Crippen molar-refractivity contribution in [1.29, 1.82) is 5.26 Å². The number of benzene rings is 2. The van der Waals surface area contributed by atoms with E-state index >= 15 is 0 Å². The fourth-order valence-electron chi connectivity index (χ4n) is 2.26. The number of anilines is 1. The van der Waals surface area contributed by atoms with E-state index in [0.29, 0.717) is 32.0 Å². The molecular weight excluding hydrogens is 392 g/mol. The van der Waals surface area contributed by atoms with Crippen molar-refractivity contribution in [2.24, 2.45) is 0 Å². The van der Waals surface area contributed by atoms with Gasteiger partial charge in [-0.15, -0.1) is 11.3 Å².